The predicted molar refractivity (Wildman–Crippen MR) is 82.3 cm³/mol. The quantitative estimate of drug-likeness (QED) is 0.633. The van der Waals surface area contributed by atoms with Crippen molar-refractivity contribution in [1.29, 1.82) is 0 Å². The highest BCUT2D eigenvalue weighted by Gasteiger charge is 2.08. The van der Waals surface area contributed by atoms with Crippen molar-refractivity contribution in [2.75, 3.05) is 6.86 Å². The molecule has 0 bridgehead atoms. The molecule has 112 valence electrons. The van der Waals surface area contributed by atoms with E-state index >= 15 is 0 Å². The van der Waals surface area contributed by atoms with Gasteiger partial charge in [0, 0.05) is 11.3 Å². The zero-order valence-electron chi connectivity index (χ0n) is 11.6. The molecule has 0 N–H and O–H groups in total. The van der Waals surface area contributed by atoms with Crippen LogP contribution < -0.4 is 4.74 Å². The molecular weight excluding hydrogens is 303 g/mol. The highest BCUT2D eigenvalue weighted by atomic mass is 32.2. The smallest absolute Gasteiger partial charge is 0.277 e. The summed E-state index contributed by atoms with van der Waals surface area (Å²) in [4.78, 5) is 0. The maximum Gasteiger partial charge on any atom is 0.277 e. The zero-order chi connectivity index (χ0) is 15.2. The number of rotatable bonds is 6. The van der Waals surface area contributed by atoms with E-state index in [1.165, 1.54) is 11.8 Å². The van der Waals surface area contributed by atoms with Gasteiger partial charge in [0.05, 0.1) is 0 Å². The Morgan fingerprint density at radius 3 is 2.50 bits per heavy atom. The monoisotopic (exact) mass is 316 g/mol. The second kappa shape index (κ2) is 7.09. The van der Waals surface area contributed by atoms with Crippen molar-refractivity contribution in [3.8, 4) is 17.2 Å². The molecule has 0 aliphatic heterocycles. The van der Waals surface area contributed by atoms with Crippen LogP contribution in [0.15, 0.2) is 64.2 Å². The highest BCUT2D eigenvalue weighted by Crippen LogP contribution is 2.26. The van der Waals surface area contributed by atoms with Crippen LogP contribution in [0.4, 0.5) is 4.39 Å². The van der Waals surface area contributed by atoms with Crippen LogP contribution in [-0.2, 0) is 5.75 Å². The van der Waals surface area contributed by atoms with Gasteiger partial charge in [-0.3, -0.25) is 0 Å². The Kier molecular flexibility index (Phi) is 4.70. The van der Waals surface area contributed by atoms with E-state index in [4.69, 9.17) is 9.15 Å². The first kappa shape index (κ1) is 14.6. The molecule has 0 fully saturated rings. The first-order chi connectivity index (χ1) is 10.8. The molecule has 0 saturated carbocycles. The molecule has 22 heavy (non-hydrogen) atoms. The summed E-state index contributed by atoms with van der Waals surface area (Å²) in [6.07, 6.45) is 0. The molecule has 0 saturated heterocycles. The number of ether oxygens (including phenoxy) is 1. The van der Waals surface area contributed by atoms with Gasteiger partial charge in [-0.1, -0.05) is 42.1 Å². The summed E-state index contributed by atoms with van der Waals surface area (Å²) in [7, 11) is 0. The number of thioether (sulfide) groups is 1. The van der Waals surface area contributed by atoms with Crippen LogP contribution in [0.5, 0.6) is 5.75 Å². The van der Waals surface area contributed by atoms with Crippen molar-refractivity contribution in [3.05, 3.63) is 60.2 Å². The Morgan fingerprint density at radius 1 is 1.00 bits per heavy atom. The average molecular weight is 316 g/mol. The van der Waals surface area contributed by atoms with Crippen LogP contribution in [-0.4, -0.2) is 17.1 Å². The predicted octanol–water partition coefficient (Wildman–Crippen LogP) is 4.33. The van der Waals surface area contributed by atoms with Crippen molar-refractivity contribution in [1.82, 2.24) is 10.2 Å². The fourth-order valence-corrected chi connectivity index (χ4v) is 2.57. The van der Waals surface area contributed by atoms with Gasteiger partial charge >= 0.3 is 0 Å². The SMILES string of the molecule is FCOc1ccc(CSc2nnc(-c3ccccc3)o2)cc1. The van der Waals surface area contributed by atoms with Crippen LogP contribution in [0.1, 0.15) is 5.56 Å². The van der Waals surface area contributed by atoms with Crippen molar-refractivity contribution >= 4 is 11.8 Å². The molecule has 1 heterocycles. The van der Waals surface area contributed by atoms with Crippen molar-refractivity contribution in [3.63, 3.8) is 0 Å². The van der Waals surface area contributed by atoms with Gasteiger partial charge in [-0.15, -0.1) is 10.2 Å². The van der Waals surface area contributed by atoms with Crippen LogP contribution in [0.3, 0.4) is 0 Å². The lowest BCUT2D eigenvalue weighted by atomic mass is 10.2. The average Bonchev–Trinajstić information content (AvgIpc) is 3.04. The summed E-state index contributed by atoms with van der Waals surface area (Å²) in [6, 6.07) is 16.9. The first-order valence-corrected chi connectivity index (χ1v) is 7.63. The molecule has 0 aliphatic carbocycles. The molecule has 3 aromatic rings. The van der Waals surface area contributed by atoms with Gasteiger partial charge in [0.15, 0.2) is 0 Å². The van der Waals surface area contributed by atoms with Gasteiger partial charge in [-0.2, -0.15) is 0 Å². The van der Waals surface area contributed by atoms with Crippen molar-refractivity contribution in [2.45, 2.75) is 11.0 Å². The fourth-order valence-electron chi connectivity index (χ4n) is 1.86. The van der Waals surface area contributed by atoms with Gasteiger partial charge in [-0.25, -0.2) is 4.39 Å². The summed E-state index contributed by atoms with van der Waals surface area (Å²) < 4.78 is 22.4. The Balaban J connectivity index is 1.61. The molecule has 6 heteroatoms. The normalized spacial score (nSPS) is 10.6. The van der Waals surface area contributed by atoms with E-state index in [-0.39, 0.29) is 0 Å². The summed E-state index contributed by atoms with van der Waals surface area (Å²) >= 11 is 1.45. The molecule has 0 aliphatic rings. The molecule has 0 unspecified atom stereocenters. The highest BCUT2D eigenvalue weighted by molar-refractivity contribution is 7.98. The second-order valence-electron chi connectivity index (χ2n) is 4.43. The molecular formula is C16H13FN2O2S. The number of hydrogen-bond acceptors (Lipinski definition) is 5. The van der Waals surface area contributed by atoms with E-state index in [0.29, 0.717) is 22.6 Å². The first-order valence-electron chi connectivity index (χ1n) is 6.64. The molecule has 0 amide bonds. The van der Waals surface area contributed by atoms with E-state index in [0.717, 1.165) is 11.1 Å². The van der Waals surface area contributed by atoms with E-state index in [1.807, 2.05) is 42.5 Å². The summed E-state index contributed by atoms with van der Waals surface area (Å²) in [5.74, 6) is 1.71. The topological polar surface area (TPSA) is 48.2 Å². The van der Waals surface area contributed by atoms with Gasteiger partial charge in [-0.05, 0) is 29.8 Å². The second-order valence-corrected chi connectivity index (χ2v) is 5.35. The molecule has 1 aromatic heterocycles. The summed E-state index contributed by atoms with van der Waals surface area (Å²) in [6.45, 7) is -0.821. The molecule has 4 nitrogen and oxygen atoms in total. The Labute approximate surface area is 131 Å². The van der Waals surface area contributed by atoms with E-state index in [2.05, 4.69) is 10.2 Å². The number of benzene rings is 2. The fraction of sp³-hybridized carbons (Fsp3) is 0.125. The molecule has 0 radical (unpaired) electrons. The Bertz CT molecular complexity index is 717. The summed E-state index contributed by atoms with van der Waals surface area (Å²) in [5.41, 5.74) is 1.96. The lowest BCUT2D eigenvalue weighted by molar-refractivity contribution is 0.192. The third-order valence-corrected chi connectivity index (χ3v) is 3.82. The number of halogens is 1. The van der Waals surface area contributed by atoms with Crippen LogP contribution in [0.2, 0.25) is 0 Å². The zero-order valence-corrected chi connectivity index (χ0v) is 12.4. The Morgan fingerprint density at radius 2 is 1.77 bits per heavy atom. The van der Waals surface area contributed by atoms with Crippen LogP contribution in [0.25, 0.3) is 11.5 Å². The minimum atomic E-state index is -0.821. The van der Waals surface area contributed by atoms with E-state index < -0.39 is 6.86 Å². The maximum absolute atomic E-state index is 12.0. The largest absolute Gasteiger partial charge is 0.463 e. The lowest BCUT2D eigenvalue weighted by Crippen LogP contribution is -1.89. The standard InChI is InChI=1S/C16H13FN2O2S/c17-11-20-14-8-6-12(7-9-14)10-22-16-19-18-15(21-16)13-4-2-1-3-5-13/h1-9H,10-11H2. The van der Waals surface area contributed by atoms with Gasteiger partial charge in [0.2, 0.25) is 12.8 Å². The third-order valence-electron chi connectivity index (χ3n) is 2.93. The molecule has 3 rings (SSSR count). The van der Waals surface area contributed by atoms with Crippen LogP contribution in [0, 0.1) is 0 Å². The number of hydrogen-bond donors (Lipinski definition) is 0. The van der Waals surface area contributed by atoms with Crippen LogP contribution >= 0.6 is 11.8 Å². The molecule has 0 spiro atoms. The minimum Gasteiger partial charge on any atom is -0.463 e. The van der Waals surface area contributed by atoms with Crippen molar-refractivity contribution < 1.29 is 13.5 Å². The third kappa shape index (κ3) is 3.65. The van der Waals surface area contributed by atoms with Crippen molar-refractivity contribution in [2.24, 2.45) is 0 Å². The number of aromatic nitrogens is 2. The maximum atomic E-state index is 12.0. The molecule has 2 aromatic carbocycles. The molecule has 0 atom stereocenters. The van der Waals surface area contributed by atoms with E-state index in [1.54, 1.807) is 12.1 Å². The summed E-state index contributed by atoms with van der Waals surface area (Å²) in [5, 5.41) is 8.58. The lowest BCUT2D eigenvalue weighted by Gasteiger charge is -2.02. The number of nitrogens with zero attached hydrogens (tertiary/aromatic N) is 2. The van der Waals surface area contributed by atoms with Gasteiger partial charge in [0.1, 0.15) is 5.75 Å². The van der Waals surface area contributed by atoms with Gasteiger partial charge in [0.25, 0.3) is 5.22 Å². The Hall–Kier alpha value is -2.34. The number of alkyl halides is 1. The minimum absolute atomic E-state index is 0.509. The van der Waals surface area contributed by atoms with E-state index in [9.17, 15) is 4.39 Å². The van der Waals surface area contributed by atoms with Gasteiger partial charge < -0.3 is 9.15 Å².